The van der Waals surface area contributed by atoms with E-state index in [9.17, 15) is 10.1 Å². The number of hydrogen-bond acceptors (Lipinski definition) is 3. The molecule has 2 aromatic carbocycles. The lowest BCUT2D eigenvalue weighted by atomic mass is 10.0. The summed E-state index contributed by atoms with van der Waals surface area (Å²) in [6.45, 7) is 1.90. The average Bonchev–Trinajstić information content (AvgIpc) is 2.71. The number of nitriles is 1. The molecule has 0 radical (unpaired) electrons. The van der Waals surface area contributed by atoms with E-state index in [1.807, 2.05) is 54.8 Å². The van der Waals surface area contributed by atoms with Crippen molar-refractivity contribution in [2.24, 2.45) is 0 Å². The van der Waals surface area contributed by atoms with Crippen LogP contribution in [0.4, 0.5) is 0 Å². The summed E-state index contributed by atoms with van der Waals surface area (Å²) in [5.74, 6) is 0. The van der Waals surface area contributed by atoms with Crippen LogP contribution in [-0.4, -0.2) is 23.6 Å². The molecule has 0 fully saturated rings. The van der Waals surface area contributed by atoms with Crippen LogP contribution in [0.2, 0.25) is 10.0 Å². The zero-order chi connectivity index (χ0) is 21.8. The molecule has 3 aromatic rings. The fourth-order valence-electron chi connectivity index (χ4n) is 3.28. The molecule has 0 saturated heterocycles. The second kappa shape index (κ2) is 9.21. The molecule has 1 heterocycles. The standard InChI is InChI=1S/C24H21Cl2N3O/c1-16-20(13-21-22(25)5-4-6-23(21)26)24(30)11-12-29(16)19-9-7-17(8-10-19)18(14-27)15-28(2)3/h4-12,15H,13H2,1-3H3/b18-15+. The Hall–Kier alpha value is -3.00. The van der Waals surface area contributed by atoms with Gasteiger partial charge in [0.2, 0.25) is 0 Å². The summed E-state index contributed by atoms with van der Waals surface area (Å²) in [6, 6.07) is 16.8. The Labute approximate surface area is 186 Å². The van der Waals surface area contributed by atoms with Crippen molar-refractivity contribution in [2.75, 3.05) is 14.1 Å². The first-order valence-electron chi connectivity index (χ1n) is 9.35. The molecular formula is C24H21Cl2N3O. The number of aromatic nitrogens is 1. The van der Waals surface area contributed by atoms with E-state index in [1.54, 1.807) is 36.7 Å². The van der Waals surface area contributed by atoms with Crippen LogP contribution in [0.3, 0.4) is 0 Å². The fourth-order valence-corrected chi connectivity index (χ4v) is 3.81. The van der Waals surface area contributed by atoms with Crippen LogP contribution in [0.25, 0.3) is 11.3 Å². The molecule has 0 aliphatic rings. The number of benzene rings is 2. The minimum atomic E-state index is -0.0583. The van der Waals surface area contributed by atoms with Crippen molar-refractivity contribution >= 4 is 28.8 Å². The summed E-state index contributed by atoms with van der Waals surface area (Å²) in [7, 11) is 3.75. The van der Waals surface area contributed by atoms with Crippen molar-refractivity contribution < 1.29 is 0 Å². The van der Waals surface area contributed by atoms with E-state index in [2.05, 4.69) is 6.07 Å². The number of nitrogens with zero attached hydrogens (tertiary/aromatic N) is 3. The first-order valence-corrected chi connectivity index (χ1v) is 10.1. The van der Waals surface area contributed by atoms with Crippen molar-refractivity contribution in [1.29, 1.82) is 5.26 Å². The van der Waals surface area contributed by atoms with Gasteiger partial charge in [-0.2, -0.15) is 5.26 Å². The Bertz CT molecular complexity index is 1180. The topological polar surface area (TPSA) is 49.0 Å². The summed E-state index contributed by atoms with van der Waals surface area (Å²) >= 11 is 12.6. The number of hydrogen-bond donors (Lipinski definition) is 0. The summed E-state index contributed by atoms with van der Waals surface area (Å²) in [5.41, 5.74) is 4.44. The number of allylic oxidation sites excluding steroid dienone is 1. The minimum Gasteiger partial charge on any atom is -0.382 e. The third-order valence-electron chi connectivity index (χ3n) is 4.85. The highest BCUT2D eigenvalue weighted by molar-refractivity contribution is 6.36. The molecule has 0 aliphatic heterocycles. The lowest BCUT2D eigenvalue weighted by Gasteiger charge is -2.16. The van der Waals surface area contributed by atoms with Gasteiger partial charge in [0.25, 0.3) is 0 Å². The normalized spacial score (nSPS) is 11.3. The summed E-state index contributed by atoms with van der Waals surface area (Å²) in [5, 5.41) is 10.5. The summed E-state index contributed by atoms with van der Waals surface area (Å²) < 4.78 is 1.95. The third-order valence-corrected chi connectivity index (χ3v) is 5.56. The largest absolute Gasteiger partial charge is 0.382 e. The Balaban J connectivity index is 2.02. The van der Waals surface area contributed by atoms with Crippen LogP contribution in [0.15, 0.2) is 65.7 Å². The summed E-state index contributed by atoms with van der Waals surface area (Å²) in [4.78, 5) is 14.4. The molecular weight excluding hydrogens is 417 g/mol. The number of halogens is 2. The van der Waals surface area contributed by atoms with E-state index in [4.69, 9.17) is 23.2 Å². The van der Waals surface area contributed by atoms with Gasteiger partial charge in [-0.25, -0.2) is 0 Å². The maximum Gasteiger partial charge on any atom is 0.185 e. The van der Waals surface area contributed by atoms with Gasteiger partial charge in [0.05, 0.1) is 5.57 Å². The zero-order valence-electron chi connectivity index (χ0n) is 17.0. The Morgan fingerprint density at radius 1 is 1.07 bits per heavy atom. The van der Waals surface area contributed by atoms with Crippen molar-refractivity contribution in [2.45, 2.75) is 13.3 Å². The first-order chi connectivity index (χ1) is 14.3. The second-order valence-corrected chi connectivity index (χ2v) is 7.97. The molecule has 1 aromatic heterocycles. The molecule has 0 saturated carbocycles. The first kappa shape index (κ1) is 21.7. The molecule has 0 atom stereocenters. The van der Waals surface area contributed by atoms with Crippen LogP contribution >= 0.6 is 23.2 Å². The van der Waals surface area contributed by atoms with Gasteiger partial charge < -0.3 is 9.47 Å². The maximum absolute atomic E-state index is 12.6. The van der Waals surface area contributed by atoms with E-state index in [-0.39, 0.29) is 5.43 Å². The predicted molar refractivity (Wildman–Crippen MR) is 123 cm³/mol. The molecule has 0 bridgehead atoms. The predicted octanol–water partition coefficient (Wildman–Crippen LogP) is 5.47. The van der Waals surface area contributed by atoms with E-state index in [0.29, 0.717) is 27.6 Å². The molecule has 3 rings (SSSR count). The number of pyridine rings is 1. The van der Waals surface area contributed by atoms with Gasteiger partial charge >= 0.3 is 0 Å². The van der Waals surface area contributed by atoms with Crippen molar-refractivity contribution in [1.82, 2.24) is 9.47 Å². The van der Waals surface area contributed by atoms with Crippen molar-refractivity contribution in [3.63, 3.8) is 0 Å². The smallest absolute Gasteiger partial charge is 0.185 e. The molecule has 4 nitrogen and oxygen atoms in total. The Morgan fingerprint density at radius 2 is 1.70 bits per heavy atom. The van der Waals surface area contributed by atoms with Crippen molar-refractivity contribution in [3.8, 4) is 11.8 Å². The van der Waals surface area contributed by atoms with Crippen molar-refractivity contribution in [3.05, 3.63) is 104 Å². The van der Waals surface area contributed by atoms with Crippen LogP contribution in [0, 0.1) is 18.3 Å². The molecule has 0 unspecified atom stereocenters. The minimum absolute atomic E-state index is 0.0583. The number of rotatable bonds is 5. The van der Waals surface area contributed by atoms with Crippen LogP contribution in [0.5, 0.6) is 0 Å². The molecule has 6 heteroatoms. The summed E-state index contributed by atoms with van der Waals surface area (Å²) in [6.07, 6.45) is 3.89. The highest BCUT2D eigenvalue weighted by Gasteiger charge is 2.14. The van der Waals surface area contributed by atoms with Crippen LogP contribution in [0.1, 0.15) is 22.4 Å². The van der Waals surface area contributed by atoms with Gasteiger partial charge in [-0.15, -0.1) is 0 Å². The van der Waals surface area contributed by atoms with E-state index in [1.165, 1.54) is 0 Å². The van der Waals surface area contributed by atoms with Gasteiger partial charge in [-0.1, -0.05) is 41.4 Å². The van der Waals surface area contributed by atoms with Gasteiger partial charge in [0, 0.05) is 66.0 Å². The fraction of sp³-hybridized carbons (Fsp3) is 0.167. The molecule has 0 amide bonds. The van der Waals surface area contributed by atoms with Gasteiger partial charge in [-0.3, -0.25) is 4.79 Å². The lowest BCUT2D eigenvalue weighted by molar-refractivity contribution is 0.566. The highest BCUT2D eigenvalue weighted by Crippen LogP contribution is 2.27. The molecule has 0 N–H and O–H groups in total. The quantitative estimate of drug-likeness (QED) is 0.497. The van der Waals surface area contributed by atoms with E-state index >= 15 is 0 Å². The van der Waals surface area contributed by atoms with Crippen LogP contribution < -0.4 is 5.43 Å². The monoisotopic (exact) mass is 437 g/mol. The third kappa shape index (κ3) is 4.59. The van der Waals surface area contributed by atoms with Gasteiger partial charge in [0.15, 0.2) is 5.43 Å². The Morgan fingerprint density at radius 3 is 2.27 bits per heavy atom. The average molecular weight is 438 g/mol. The second-order valence-electron chi connectivity index (χ2n) is 7.16. The molecule has 0 aliphatic carbocycles. The van der Waals surface area contributed by atoms with E-state index in [0.717, 1.165) is 22.5 Å². The Kier molecular flexibility index (Phi) is 6.66. The van der Waals surface area contributed by atoms with Gasteiger partial charge in [0.1, 0.15) is 6.07 Å². The lowest BCUT2D eigenvalue weighted by Crippen LogP contribution is -2.16. The SMILES string of the molecule is Cc1c(Cc2c(Cl)cccc2Cl)c(=O)ccn1-c1ccc(/C(C#N)=C/N(C)C)cc1. The van der Waals surface area contributed by atoms with Crippen LogP contribution in [-0.2, 0) is 6.42 Å². The van der Waals surface area contributed by atoms with E-state index < -0.39 is 0 Å². The molecule has 152 valence electrons. The molecule has 0 spiro atoms. The molecule has 30 heavy (non-hydrogen) atoms. The highest BCUT2D eigenvalue weighted by atomic mass is 35.5. The van der Waals surface area contributed by atoms with Gasteiger partial charge in [-0.05, 0) is 42.3 Å². The maximum atomic E-state index is 12.6. The zero-order valence-corrected chi connectivity index (χ0v) is 18.5.